The summed E-state index contributed by atoms with van der Waals surface area (Å²) >= 11 is 1.44. The Balaban J connectivity index is 1.59. The standard InChI is InChI=1S/C23H25N5O4S2/c1-14(2)27(4)34(30,31)18-9-6-16(7-10-18)22(29)25-21-12-15(3)26-28(21)23-24-19-13-17(32-5)8-11-20(19)33-23/h6-14H,1-5H3,(H,25,29). The summed E-state index contributed by atoms with van der Waals surface area (Å²) in [7, 11) is -0.495. The average molecular weight is 500 g/mol. The van der Waals surface area contributed by atoms with Gasteiger partial charge in [-0.05, 0) is 57.2 Å². The molecule has 0 unspecified atom stereocenters. The zero-order valence-electron chi connectivity index (χ0n) is 19.4. The van der Waals surface area contributed by atoms with Crippen molar-refractivity contribution in [1.82, 2.24) is 19.1 Å². The summed E-state index contributed by atoms with van der Waals surface area (Å²) in [5.74, 6) is 0.787. The van der Waals surface area contributed by atoms with E-state index >= 15 is 0 Å². The molecular formula is C23H25N5O4S2. The Morgan fingerprint density at radius 2 is 1.85 bits per heavy atom. The van der Waals surface area contributed by atoms with Crippen molar-refractivity contribution in [3.63, 3.8) is 0 Å². The molecule has 2 heterocycles. The fraction of sp³-hybridized carbons (Fsp3) is 0.261. The predicted octanol–water partition coefficient (Wildman–Crippen LogP) is 4.08. The molecule has 4 aromatic rings. The van der Waals surface area contributed by atoms with Gasteiger partial charge in [0, 0.05) is 30.8 Å². The predicted molar refractivity (Wildman–Crippen MR) is 133 cm³/mol. The number of sulfonamides is 1. The van der Waals surface area contributed by atoms with Crippen molar-refractivity contribution in [3.8, 4) is 10.9 Å². The van der Waals surface area contributed by atoms with Gasteiger partial charge in [0.05, 0.1) is 27.9 Å². The summed E-state index contributed by atoms with van der Waals surface area (Å²) in [6.45, 7) is 5.42. The first-order chi connectivity index (χ1) is 16.1. The lowest BCUT2D eigenvalue weighted by Crippen LogP contribution is -2.33. The first-order valence-corrected chi connectivity index (χ1v) is 12.8. The van der Waals surface area contributed by atoms with E-state index in [-0.39, 0.29) is 16.8 Å². The largest absolute Gasteiger partial charge is 0.497 e. The number of aryl methyl sites for hydroxylation is 1. The van der Waals surface area contributed by atoms with Crippen LogP contribution in [0.25, 0.3) is 15.3 Å². The van der Waals surface area contributed by atoms with Crippen LogP contribution in [0.4, 0.5) is 5.82 Å². The van der Waals surface area contributed by atoms with Gasteiger partial charge in [0.25, 0.3) is 5.91 Å². The van der Waals surface area contributed by atoms with Crippen LogP contribution in [0.15, 0.2) is 53.4 Å². The molecule has 0 radical (unpaired) electrons. The van der Waals surface area contributed by atoms with E-state index in [9.17, 15) is 13.2 Å². The van der Waals surface area contributed by atoms with E-state index < -0.39 is 10.0 Å². The highest BCUT2D eigenvalue weighted by Crippen LogP contribution is 2.30. The maximum atomic E-state index is 12.9. The summed E-state index contributed by atoms with van der Waals surface area (Å²) < 4.78 is 34.4. The minimum absolute atomic E-state index is 0.131. The number of ether oxygens (including phenoxy) is 1. The van der Waals surface area contributed by atoms with Crippen LogP contribution in [-0.2, 0) is 10.0 Å². The second-order valence-electron chi connectivity index (χ2n) is 8.01. The molecule has 0 saturated heterocycles. The monoisotopic (exact) mass is 499 g/mol. The van der Waals surface area contributed by atoms with Crippen molar-refractivity contribution in [2.75, 3.05) is 19.5 Å². The van der Waals surface area contributed by atoms with Gasteiger partial charge in [-0.25, -0.2) is 13.4 Å². The Morgan fingerprint density at radius 1 is 1.15 bits per heavy atom. The van der Waals surface area contributed by atoms with Gasteiger partial charge in [0.15, 0.2) is 0 Å². The molecule has 0 aliphatic rings. The fourth-order valence-electron chi connectivity index (χ4n) is 3.26. The molecular weight excluding hydrogens is 474 g/mol. The number of thiazole rings is 1. The van der Waals surface area contributed by atoms with E-state index in [0.717, 1.165) is 10.2 Å². The molecule has 2 aromatic heterocycles. The topological polar surface area (TPSA) is 106 Å². The van der Waals surface area contributed by atoms with Crippen molar-refractivity contribution in [2.24, 2.45) is 0 Å². The number of nitrogens with zero attached hydrogens (tertiary/aromatic N) is 4. The summed E-state index contributed by atoms with van der Waals surface area (Å²) in [6.07, 6.45) is 0. The SMILES string of the molecule is COc1ccc2sc(-n3nc(C)cc3NC(=O)c3ccc(S(=O)(=O)N(C)C(C)C)cc3)nc2c1. The summed E-state index contributed by atoms with van der Waals surface area (Å²) in [6, 6.07) is 13.1. The quantitative estimate of drug-likeness (QED) is 0.411. The molecule has 178 valence electrons. The first kappa shape index (κ1) is 23.9. The zero-order chi connectivity index (χ0) is 24.6. The molecule has 0 saturated carbocycles. The molecule has 11 heteroatoms. The Kier molecular flexibility index (Phi) is 6.43. The number of hydrogen-bond donors (Lipinski definition) is 1. The number of carbonyl (C=O) groups excluding carboxylic acids is 1. The van der Waals surface area contributed by atoms with Crippen LogP contribution >= 0.6 is 11.3 Å². The number of amides is 1. The molecule has 0 aliphatic heterocycles. The van der Waals surface area contributed by atoms with Gasteiger partial charge in [-0.3, -0.25) is 4.79 Å². The van der Waals surface area contributed by atoms with Gasteiger partial charge >= 0.3 is 0 Å². The molecule has 0 fully saturated rings. The maximum absolute atomic E-state index is 12.9. The van der Waals surface area contributed by atoms with Crippen LogP contribution in [-0.4, -0.2) is 53.6 Å². The summed E-state index contributed by atoms with van der Waals surface area (Å²) in [5, 5.41) is 7.94. The lowest BCUT2D eigenvalue weighted by Gasteiger charge is -2.21. The van der Waals surface area contributed by atoms with Gasteiger partial charge in [-0.2, -0.15) is 14.1 Å². The Hall–Kier alpha value is -3.28. The van der Waals surface area contributed by atoms with Crippen molar-refractivity contribution in [3.05, 3.63) is 59.8 Å². The molecule has 0 spiro atoms. The van der Waals surface area contributed by atoms with E-state index in [4.69, 9.17) is 4.74 Å². The van der Waals surface area contributed by atoms with E-state index in [1.807, 2.05) is 25.1 Å². The Bertz CT molecular complexity index is 1460. The van der Waals surface area contributed by atoms with Gasteiger partial charge in [-0.1, -0.05) is 11.3 Å². The molecule has 34 heavy (non-hydrogen) atoms. The smallest absolute Gasteiger partial charge is 0.256 e. The van der Waals surface area contributed by atoms with Gasteiger partial charge in [0.2, 0.25) is 15.2 Å². The molecule has 0 atom stereocenters. The Morgan fingerprint density at radius 3 is 2.50 bits per heavy atom. The van der Waals surface area contributed by atoms with E-state index in [2.05, 4.69) is 15.4 Å². The normalized spacial score (nSPS) is 12.0. The second-order valence-corrected chi connectivity index (χ2v) is 11.0. The van der Waals surface area contributed by atoms with Crippen molar-refractivity contribution in [2.45, 2.75) is 31.7 Å². The molecule has 1 N–H and O–H groups in total. The molecule has 2 aromatic carbocycles. The number of anilines is 1. The Labute approximate surface area is 202 Å². The lowest BCUT2D eigenvalue weighted by atomic mass is 10.2. The van der Waals surface area contributed by atoms with Crippen LogP contribution < -0.4 is 10.1 Å². The third-order valence-corrected chi connectivity index (χ3v) is 8.42. The van der Waals surface area contributed by atoms with Crippen molar-refractivity contribution in [1.29, 1.82) is 0 Å². The highest BCUT2D eigenvalue weighted by Gasteiger charge is 2.23. The number of aromatic nitrogens is 3. The molecule has 0 aliphatic carbocycles. The van der Waals surface area contributed by atoms with Gasteiger partial charge in [-0.15, -0.1) is 0 Å². The summed E-state index contributed by atoms with van der Waals surface area (Å²) in [5.41, 5.74) is 1.81. The van der Waals surface area contributed by atoms with Crippen LogP contribution in [0, 0.1) is 6.92 Å². The molecule has 0 bridgehead atoms. The van der Waals surface area contributed by atoms with Crippen molar-refractivity contribution < 1.29 is 17.9 Å². The van der Waals surface area contributed by atoms with Crippen LogP contribution in [0.2, 0.25) is 0 Å². The number of methoxy groups -OCH3 is 1. The number of nitrogens with one attached hydrogen (secondary N) is 1. The van der Waals surface area contributed by atoms with E-state index in [1.54, 1.807) is 31.7 Å². The number of carbonyl (C=O) groups is 1. The number of hydrogen-bond acceptors (Lipinski definition) is 7. The van der Waals surface area contributed by atoms with Gasteiger partial charge < -0.3 is 10.1 Å². The first-order valence-electron chi connectivity index (χ1n) is 10.5. The molecule has 1 amide bonds. The van der Waals surface area contributed by atoms with Crippen LogP contribution in [0.3, 0.4) is 0 Å². The fourth-order valence-corrected chi connectivity index (χ4v) is 5.54. The number of fused-ring (bicyclic) bond motifs is 1. The third kappa shape index (κ3) is 4.54. The molecule has 4 rings (SSSR count). The van der Waals surface area contributed by atoms with E-state index in [0.29, 0.717) is 28.0 Å². The number of benzene rings is 2. The summed E-state index contributed by atoms with van der Waals surface area (Å²) in [4.78, 5) is 17.7. The lowest BCUT2D eigenvalue weighted by molar-refractivity contribution is 0.102. The van der Waals surface area contributed by atoms with Crippen LogP contribution in [0.1, 0.15) is 29.9 Å². The minimum Gasteiger partial charge on any atom is -0.497 e. The van der Waals surface area contributed by atoms with E-state index in [1.165, 1.54) is 47.0 Å². The van der Waals surface area contributed by atoms with Crippen molar-refractivity contribution >= 4 is 43.3 Å². The second kappa shape index (κ2) is 9.16. The maximum Gasteiger partial charge on any atom is 0.256 e. The highest BCUT2D eigenvalue weighted by molar-refractivity contribution is 7.89. The van der Waals surface area contributed by atoms with Gasteiger partial charge in [0.1, 0.15) is 11.6 Å². The highest BCUT2D eigenvalue weighted by atomic mass is 32.2. The third-order valence-electron chi connectivity index (χ3n) is 5.36. The van der Waals surface area contributed by atoms with Crippen LogP contribution in [0.5, 0.6) is 5.75 Å². The minimum atomic E-state index is -3.63. The average Bonchev–Trinajstić information content (AvgIpc) is 3.40. The zero-order valence-corrected chi connectivity index (χ0v) is 21.1. The molecule has 9 nitrogen and oxygen atoms in total. The number of rotatable bonds is 7.